The van der Waals surface area contributed by atoms with Crippen LogP contribution in [0.4, 0.5) is 5.69 Å². The monoisotopic (exact) mass is 408 g/mol. The van der Waals surface area contributed by atoms with Crippen LogP contribution in [-0.2, 0) is 14.4 Å². The number of benzene rings is 1. The van der Waals surface area contributed by atoms with Gasteiger partial charge in [-0.1, -0.05) is 31.5 Å². The van der Waals surface area contributed by atoms with Gasteiger partial charge >= 0.3 is 0 Å². The molecule has 0 aliphatic carbocycles. The Balaban J connectivity index is 1.65. The summed E-state index contributed by atoms with van der Waals surface area (Å²) in [5.74, 6) is -0.183. The van der Waals surface area contributed by atoms with E-state index in [1.54, 1.807) is 4.90 Å². The van der Waals surface area contributed by atoms with Gasteiger partial charge in [-0.2, -0.15) is 0 Å². The fraction of sp³-hybridized carbons (Fsp3) is 0.550. The van der Waals surface area contributed by atoms with Crippen molar-refractivity contribution in [2.24, 2.45) is 5.92 Å². The molecule has 8 heteroatoms. The first-order valence-corrected chi connectivity index (χ1v) is 10.0. The number of hydrogen-bond acceptors (Lipinski definition) is 4. The van der Waals surface area contributed by atoms with Crippen molar-refractivity contribution in [1.82, 2.24) is 15.5 Å². The second kappa shape index (κ2) is 10.9. The van der Waals surface area contributed by atoms with Crippen LogP contribution in [0, 0.1) is 5.92 Å². The van der Waals surface area contributed by atoms with Crippen molar-refractivity contribution in [2.75, 3.05) is 44.2 Å². The van der Waals surface area contributed by atoms with Crippen molar-refractivity contribution < 1.29 is 14.4 Å². The van der Waals surface area contributed by atoms with Crippen LogP contribution in [0.15, 0.2) is 24.3 Å². The highest BCUT2D eigenvalue weighted by molar-refractivity contribution is 6.30. The molecule has 0 aromatic heterocycles. The third-order valence-corrected chi connectivity index (χ3v) is 4.87. The first-order chi connectivity index (χ1) is 13.3. The molecule has 1 aromatic carbocycles. The standard InChI is InChI=1S/C20H29ClN4O3/c1-15(2)6-7-18(26)22-13-19(27)23-14-20(28)25-10-8-24(9-11-25)17-5-3-4-16(21)12-17/h3-5,12,15H,6-11,13-14H2,1-2H3,(H,22,26)(H,23,27). The van der Waals surface area contributed by atoms with Gasteiger partial charge < -0.3 is 20.4 Å². The average Bonchev–Trinajstić information content (AvgIpc) is 2.69. The van der Waals surface area contributed by atoms with E-state index in [2.05, 4.69) is 15.5 Å². The molecule has 0 bridgehead atoms. The van der Waals surface area contributed by atoms with Gasteiger partial charge in [-0.15, -0.1) is 0 Å². The van der Waals surface area contributed by atoms with Crippen molar-refractivity contribution in [3.8, 4) is 0 Å². The van der Waals surface area contributed by atoms with Crippen LogP contribution in [0.25, 0.3) is 0 Å². The van der Waals surface area contributed by atoms with E-state index in [-0.39, 0.29) is 30.8 Å². The molecule has 0 unspecified atom stereocenters. The quantitative estimate of drug-likeness (QED) is 0.685. The van der Waals surface area contributed by atoms with Crippen LogP contribution in [0.2, 0.25) is 5.02 Å². The SMILES string of the molecule is CC(C)CCC(=O)NCC(=O)NCC(=O)N1CCN(c2cccc(Cl)c2)CC1. The number of halogens is 1. The number of nitrogens with one attached hydrogen (secondary N) is 2. The zero-order valence-corrected chi connectivity index (χ0v) is 17.3. The Morgan fingerprint density at radius 3 is 2.36 bits per heavy atom. The Kier molecular flexibility index (Phi) is 8.57. The summed E-state index contributed by atoms with van der Waals surface area (Å²) in [5, 5.41) is 5.84. The summed E-state index contributed by atoms with van der Waals surface area (Å²) in [6.45, 7) is 6.53. The zero-order valence-electron chi connectivity index (χ0n) is 16.5. The molecule has 2 N–H and O–H groups in total. The van der Waals surface area contributed by atoms with Crippen LogP contribution in [0.3, 0.4) is 0 Å². The van der Waals surface area contributed by atoms with E-state index in [0.717, 1.165) is 12.1 Å². The normalized spacial score (nSPS) is 14.1. The highest BCUT2D eigenvalue weighted by Gasteiger charge is 2.21. The van der Waals surface area contributed by atoms with Crippen LogP contribution in [-0.4, -0.2) is 61.9 Å². The molecule has 1 heterocycles. The maximum atomic E-state index is 12.3. The third-order valence-electron chi connectivity index (χ3n) is 4.64. The minimum absolute atomic E-state index is 0.0577. The molecule has 1 aliphatic rings. The molecule has 7 nitrogen and oxygen atoms in total. The van der Waals surface area contributed by atoms with Crippen molar-refractivity contribution >= 4 is 35.0 Å². The summed E-state index contributed by atoms with van der Waals surface area (Å²) in [6.07, 6.45) is 1.19. The first-order valence-electron chi connectivity index (χ1n) is 9.67. The highest BCUT2D eigenvalue weighted by atomic mass is 35.5. The van der Waals surface area contributed by atoms with Crippen LogP contribution < -0.4 is 15.5 Å². The van der Waals surface area contributed by atoms with Gasteiger partial charge in [0.1, 0.15) is 0 Å². The molecule has 0 saturated carbocycles. The summed E-state index contributed by atoms with van der Waals surface area (Å²) < 4.78 is 0. The highest BCUT2D eigenvalue weighted by Crippen LogP contribution is 2.20. The zero-order chi connectivity index (χ0) is 20.5. The van der Waals surface area contributed by atoms with Crippen molar-refractivity contribution in [2.45, 2.75) is 26.7 Å². The lowest BCUT2D eigenvalue weighted by Gasteiger charge is -2.36. The molecule has 0 radical (unpaired) electrons. The van der Waals surface area contributed by atoms with Gasteiger partial charge in [0.05, 0.1) is 13.1 Å². The smallest absolute Gasteiger partial charge is 0.242 e. The molecular formula is C20H29ClN4O3. The summed E-state index contributed by atoms with van der Waals surface area (Å²) in [6, 6.07) is 7.65. The first kappa shape index (κ1) is 22.0. The van der Waals surface area contributed by atoms with Gasteiger partial charge in [-0.3, -0.25) is 14.4 Å². The molecular weight excluding hydrogens is 380 g/mol. The second-order valence-electron chi connectivity index (χ2n) is 7.33. The van der Waals surface area contributed by atoms with E-state index < -0.39 is 0 Å². The molecule has 1 aliphatic heterocycles. The van der Waals surface area contributed by atoms with Gasteiger partial charge in [0, 0.05) is 43.3 Å². The number of carbonyl (C=O) groups is 3. The van der Waals surface area contributed by atoms with E-state index in [4.69, 9.17) is 11.6 Å². The summed E-state index contributed by atoms with van der Waals surface area (Å²) >= 11 is 6.03. The van der Waals surface area contributed by atoms with Gasteiger partial charge in [0.15, 0.2) is 0 Å². The average molecular weight is 409 g/mol. The molecule has 2 rings (SSSR count). The van der Waals surface area contributed by atoms with Gasteiger partial charge in [-0.05, 0) is 30.5 Å². The Bertz CT molecular complexity index is 688. The fourth-order valence-electron chi connectivity index (χ4n) is 2.92. The molecule has 0 spiro atoms. The number of amides is 3. The lowest BCUT2D eigenvalue weighted by molar-refractivity contribution is -0.133. The molecule has 1 fully saturated rings. The van der Waals surface area contributed by atoms with E-state index in [1.165, 1.54) is 0 Å². The lowest BCUT2D eigenvalue weighted by atomic mass is 10.1. The van der Waals surface area contributed by atoms with Crippen molar-refractivity contribution in [1.29, 1.82) is 0 Å². The summed E-state index contributed by atoms with van der Waals surface area (Å²) in [5.41, 5.74) is 1.04. The van der Waals surface area contributed by atoms with E-state index in [1.807, 2.05) is 38.1 Å². The van der Waals surface area contributed by atoms with Gasteiger partial charge in [0.2, 0.25) is 17.7 Å². The third kappa shape index (κ3) is 7.38. The molecule has 1 aromatic rings. The Labute approximate surface area is 171 Å². The molecule has 154 valence electrons. The van der Waals surface area contributed by atoms with Gasteiger partial charge in [0.25, 0.3) is 0 Å². The predicted molar refractivity (Wildman–Crippen MR) is 110 cm³/mol. The van der Waals surface area contributed by atoms with Crippen molar-refractivity contribution in [3.05, 3.63) is 29.3 Å². The van der Waals surface area contributed by atoms with E-state index in [9.17, 15) is 14.4 Å². The molecule has 1 saturated heterocycles. The molecule has 3 amide bonds. The number of carbonyl (C=O) groups excluding carboxylic acids is 3. The number of nitrogens with zero attached hydrogens (tertiary/aromatic N) is 2. The topological polar surface area (TPSA) is 81.8 Å². The fourth-order valence-corrected chi connectivity index (χ4v) is 3.11. The van der Waals surface area contributed by atoms with E-state index >= 15 is 0 Å². The van der Waals surface area contributed by atoms with Crippen LogP contribution in [0.5, 0.6) is 0 Å². The van der Waals surface area contributed by atoms with Gasteiger partial charge in [-0.25, -0.2) is 0 Å². The Hall–Kier alpha value is -2.28. The van der Waals surface area contributed by atoms with E-state index in [0.29, 0.717) is 43.5 Å². The Morgan fingerprint density at radius 2 is 1.71 bits per heavy atom. The predicted octanol–water partition coefficient (Wildman–Crippen LogP) is 1.66. The number of piperazine rings is 1. The minimum atomic E-state index is -0.358. The maximum Gasteiger partial charge on any atom is 0.242 e. The Morgan fingerprint density at radius 1 is 1.04 bits per heavy atom. The summed E-state index contributed by atoms with van der Waals surface area (Å²) in [7, 11) is 0. The maximum absolute atomic E-state index is 12.3. The molecule has 28 heavy (non-hydrogen) atoms. The van der Waals surface area contributed by atoms with Crippen LogP contribution >= 0.6 is 11.6 Å². The van der Waals surface area contributed by atoms with Crippen LogP contribution in [0.1, 0.15) is 26.7 Å². The summed E-state index contributed by atoms with van der Waals surface area (Å²) in [4.78, 5) is 39.7. The number of hydrogen-bond donors (Lipinski definition) is 2. The van der Waals surface area contributed by atoms with Crippen molar-refractivity contribution in [3.63, 3.8) is 0 Å². The minimum Gasteiger partial charge on any atom is -0.368 e. The lowest BCUT2D eigenvalue weighted by Crippen LogP contribution is -2.51. The second-order valence-corrected chi connectivity index (χ2v) is 7.77. The molecule has 0 atom stereocenters. The largest absolute Gasteiger partial charge is 0.368 e. The number of rotatable bonds is 8. The number of anilines is 1.